The van der Waals surface area contributed by atoms with E-state index in [0.717, 1.165) is 0 Å². The van der Waals surface area contributed by atoms with Crippen LogP contribution in [0.5, 0.6) is 0 Å². The van der Waals surface area contributed by atoms with E-state index in [9.17, 15) is 0 Å². The summed E-state index contributed by atoms with van der Waals surface area (Å²) in [6, 6.07) is 8.61. The summed E-state index contributed by atoms with van der Waals surface area (Å²) in [5.41, 5.74) is 5.80. The van der Waals surface area contributed by atoms with Crippen molar-refractivity contribution < 1.29 is 0 Å². The van der Waals surface area contributed by atoms with E-state index in [2.05, 4.69) is 62.2 Å². The van der Waals surface area contributed by atoms with Crippen LogP contribution in [0, 0.1) is 0 Å². The van der Waals surface area contributed by atoms with Crippen LogP contribution in [0.3, 0.4) is 0 Å². The van der Waals surface area contributed by atoms with Crippen molar-refractivity contribution in [3.63, 3.8) is 0 Å². The fourth-order valence-electron chi connectivity index (χ4n) is 2.79. The number of para-hydroxylation sites is 1. The van der Waals surface area contributed by atoms with Crippen LogP contribution in [0.1, 0.15) is 26.7 Å². The standard InChI is InChI=1S/C17H19NS/c1-4-13-9-10-14(12(13)2)11-17-18(3)15-7-5-6-8-16(15)19-17/h4-8,11H,9-10H2,1-3H3/b13-4+,17-11-. The molecule has 1 aliphatic heterocycles. The molecule has 0 fully saturated rings. The van der Waals surface area contributed by atoms with Crippen LogP contribution in [0.2, 0.25) is 0 Å². The Hall–Kier alpha value is -1.41. The molecule has 3 rings (SSSR count). The zero-order valence-electron chi connectivity index (χ0n) is 11.7. The maximum atomic E-state index is 2.37. The Morgan fingerprint density at radius 3 is 2.68 bits per heavy atom. The first-order valence-electron chi connectivity index (χ1n) is 6.78. The number of nitrogens with zero attached hydrogens (tertiary/aromatic N) is 1. The van der Waals surface area contributed by atoms with Gasteiger partial charge in [-0.05, 0) is 61.6 Å². The van der Waals surface area contributed by atoms with E-state index in [-0.39, 0.29) is 0 Å². The van der Waals surface area contributed by atoms with Crippen molar-refractivity contribution in [1.82, 2.24) is 0 Å². The monoisotopic (exact) mass is 269 g/mol. The molecule has 98 valence electrons. The van der Waals surface area contributed by atoms with E-state index < -0.39 is 0 Å². The molecule has 0 unspecified atom stereocenters. The van der Waals surface area contributed by atoms with Crippen LogP contribution in [0.4, 0.5) is 5.69 Å². The van der Waals surface area contributed by atoms with Crippen LogP contribution in [-0.4, -0.2) is 7.05 Å². The zero-order valence-corrected chi connectivity index (χ0v) is 12.6. The highest BCUT2D eigenvalue weighted by atomic mass is 32.2. The van der Waals surface area contributed by atoms with Gasteiger partial charge in [0.05, 0.1) is 10.7 Å². The molecule has 0 bridgehead atoms. The van der Waals surface area contributed by atoms with Crippen LogP contribution in [0.15, 0.2) is 63.1 Å². The maximum Gasteiger partial charge on any atom is 0.0801 e. The van der Waals surface area contributed by atoms with Gasteiger partial charge in [0.2, 0.25) is 0 Å². The number of allylic oxidation sites excluding steroid dienone is 5. The topological polar surface area (TPSA) is 3.24 Å². The molecule has 0 aromatic heterocycles. The summed E-state index contributed by atoms with van der Waals surface area (Å²) in [5, 5.41) is 1.34. The van der Waals surface area contributed by atoms with Gasteiger partial charge in [-0.15, -0.1) is 0 Å². The van der Waals surface area contributed by atoms with Crippen LogP contribution in [0.25, 0.3) is 0 Å². The Bertz CT molecular complexity index is 607. The molecule has 0 spiro atoms. The van der Waals surface area contributed by atoms with Crippen molar-refractivity contribution in [3.8, 4) is 0 Å². The van der Waals surface area contributed by atoms with Crippen molar-refractivity contribution in [1.29, 1.82) is 0 Å². The average molecular weight is 269 g/mol. The lowest BCUT2D eigenvalue weighted by Crippen LogP contribution is -2.09. The summed E-state index contributed by atoms with van der Waals surface area (Å²) < 4.78 is 0. The quantitative estimate of drug-likeness (QED) is 0.695. The molecule has 0 N–H and O–H groups in total. The molecule has 1 aromatic rings. The van der Waals surface area contributed by atoms with Gasteiger partial charge in [0.25, 0.3) is 0 Å². The highest BCUT2D eigenvalue weighted by Crippen LogP contribution is 2.46. The molecule has 0 saturated heterocycles. The van der Waals surface area contributed by atoms with Crippen LogP contribution in [-0.2, 0) is 0 Å². The molecular weight excluding hydrogens is 250 g/mol. The highest BCUT2D eigenvalue weighted by molar-refractivity contribution is 8.03. The lowest BCUT2D eigenvalue weighted by molar-refractivity contribution is 1.02. The van der Waals surface area contributed by atoms with Crippen molar-refractivity contribution in [2.45, 2.75) is 31.6 Å². The number of fused-ring (bicyclic) bond motifs is 1. The third-order valence-corrected chi connectivity index (χ3v) is 5.21. The van der Waals surface area contributed by atoms with E-state index in [1.165, 1.54) is 45.2 Å². The highest BCUT2D eigenvalue weighted by Gasteiger charge is 2.23. The maximum absolute atomic E-state index is 2.37. The second-order valence-corrected chi connectivity index (χ2v) is 6.14. The first-order valence-corrected chi connectivity index (χ1v) is 7.60. The van der Waals surface area contributed by atoms with Crippen LogP contribution >= 0.6 is 11.8 Å². The number of benzene rings is 1. The number of thioether (sulfide) groups is 1. The Morgan fingerprint density at radius 1 is 1.21 bits per heavy atom. The van der Waals surface area contributed by atoms with E-state index >= 15 is 0 Å². The Labute approximate surface area is 119 Å². The number of hydrogen-bond acceptors (Lipinski definition) is 2. The lowest BCUT2D eigenvalue weighted by Gasteiger charge is -2.13. The molecule has 0 atom stereocenters. The molecule has 2 aliphatic rings. The minimum Gasteiger partial charge on any atom is -0.338 e. The van der Waals surface area contributed by atoms with Crippen molar-refractivity contribution in [2.24, 2.45) is 0 Å². The fraction of sp³-hybridized carbons (Fsp3) is 0.294. The molecule has 1 nitrogen and oxygen atoms in total. The summed E-state index contributed by atoms with van der Waals surface area (Å²) in [6.45, 7) is 4.39. The molecule has 0 amide bonds. The summed E-state index contributed by atoms with van der Waals surface area (Å²) in [4.78, 5) is 3.66. The van der Waals surface area contributed by atoms with Gasteiger partial charge < -0.3 is 4.90 Å². The summed E-state index contributed by atoms with van der Waals surface area (Å²) in [7, 11) is 2.16. The molecule has 1 heterocycles. The van der Waals surface area contributed by atoms with Crippen molar-refractivity contribution >= 4 is 17.4 Å². The third-order valence-electron chi connectivity index (χ3n) is 4.04. The zero-order chi connectivity index (χ0) is 13.4. The summed E-state index contributed by atoms with van der Waals surface area (Å²) >= 11 is 1.88. The number of hydrogen-bond donors (Lipinski definition) is 0. The van der Waals surface area contributed by atoms with Gasteiger partial charge in [0.15, 0.2) is 0 Å². The fourth-order valence-corrected chi connectivity index (χ4v) is 3.91. The molecule has 0 saturated carbocycles. The number of rotatable bonds is 1. The Kier molecular flexibility index (Phi) is 3.28. The van der Waals surface area contributed by atoms with Crippen LogP contribution < -0.4 is 4.90 Å². The van der Waals surface area contributed by atoms with Gasteiger partial charge in [-0.25, -0.2) is 0 Å². The van der Waals surface area contributed by atoms with Gasteiger partial charge in [-0.2, -0.15) is 0 Å². The van der Waals surface area contributed by atoms with E-state index in [0.29, 0.717) is 0 Å². The molecular formula is C17H19NS. The van der Waals surface area contributed by atoms with Gasteiger partial charge in [-0.3, -0.25) is 0 Å². The molecule has 1 aromatic carbocycles. The van der Waals surface area contributed by atoms with Gasteiger partial charge in [-0.1, -0.05) is 30.0 Å². The first-order chi connectivity index (χ1) is 9.20. The largest absolute Gasteiger partial charge is 0.338 e. The first kappa shape index (κ1) is 12.6. The molecule has 1 aliphatic carbocycles. The molecule has 0 radical (unpaired) electrons. The van der Waals surface area contributed by atoms with Crippen molar-refractivity contribution in [2.75, 3.05) is 11.9 Å². The molecule has 2 heteroatoms. The van der Waals surface area contributed by atoms with Gasteiger partial charge in [0.1, 0.15) is 0 Å². The third kappa shape index (κ3) is 2.14. The Morgan fingerprint density at radius 2 is 2.00 bits per heavy atom. The van der Waals surface area contributed by atoms with Gasteiger partial charge in [0, 0.05) is 11.9 Å². The van der Waals surface area contributed by atoms with Crippen molar-refractivity contribution in [3.05, 3.63) is 58.2 Å². The lowest BCUT2D eigenvalue weighted by atomic mass is 10.1. The second kappa shape index (κ2) is 4.93. The Balaban J connectivity index is 1.94. The summed E-state index contributed by atoms with van der Waals surface area (Å²) in [5.74, 6) is 0. The minimum atomic E-state index is 1.18. The predicted octanol–water partition coefficient (Wildman–Crippen LogP) is 5.13. The minimum absolute atomic E-state index is 1.18. The second-order valence-electron chi connectivity index (χ2n) is 5.08. The van der Waals surface area contributed by atoms with E-state index in [1.807, 2.05) is 11.8 Å². The van der Waals surface area contributed by atoms with E-state index in [4.69, 9.17) is 0 Å². The average Bonchev–Trinajstić information content (AvgIpc) is 2.93. The predicted molar refractivity (Wildman–Crippen MR) is 84.5 cm³/mol. The SMILES string of the molecule is C/C=C1\CCC(/C=C2\Sc3ccccc3N2C)=C1C. The number of anilines is 1. The normalized spacial score (nSPS) is 22.8. The molecule has 19 heavy (non-hydrogen) atoms. The summed E-state index contributed by atoms with van der Waals surface area (Å²) in [6.07, 6.45) is 7.00. The van der Waals surface area contributed by atoms with E-state index in [1.54, 1.807) is 0 Å². The van der Waals surface area contributed by atoms with Gasteiger partial charge >= 0.3 is 0 Å². The smallest absolute Gasteiger partial charge is 0.0801 e.